The molecule has 0 saturated carbocycles. The van der Waals surface area contributed by atoms with Gasteiger partial charge in [-0.05, 0) is 44.5 Å². The molecule has 122 valence electrons. The molecule has 0 unspecified atom stereocenters. The summed E-state index contributed by atoms with van der Waals surface area (Å²) in [6.45, 7) is 5.85. The molecule has 23 heavy (non-hydrogen) atoms. The maximum Gasteiger partial charge on any atom is 0.250 e. The van der Waals surface area contributed by atoms with Gasteiger partial charge in [-0.15, -0.1) is 11.3 Å². The van der Waals surface area contributed by atoms with Gasteiger partial charge in [0.15, 0.2) is 16.6 Å². The average Bonchev–Trinajstić information content (AvgIpc) is 2.90. The molecule has 2 aromatic rings. The van der Waals surface area contributed by atoms with Crippen molar-refractivity contribution in [3.8, 4) is 11.5 Å². The molecule has 0 atom stereocenters. The summed E-state index contributed by atoms with van der Waals surface area (Å²) in [6, 6.07) is 5.53. The lowest BCUT2D eigenvalue weighted by atomic mass is 10.2. The topological polar surface area (TPSA) is 60.5 Å². The maximum atomic E-state index is 11.9. The molecule has 0 spiro atoms. The third kappa shape index (κ3) is 5.10. The van der Waals surface area contributed by atoms with Crippen molar-refractivity contribution in [2.45, 2.75) is 26.9 Å². The third-order valence-corrected chi connectivity index (χ3v) is 3.66. The smallest absolute Gasteiger partial charge is 0.250 e. The Balaban J connectivity index is 2.05. The second-order valence-corrected chi connectivity index (χ2v) is 6.41. The van der Waals surface area contributed by atoms with E-state index >= 15 is 0 Å². The summed E-state index contributed by atoms with van der Waals surface area (Å²) in [4.78, 5) is 17.0. The highest BCUT2D eigenvalue weighted by Crippen LogP contribution is 2.29. The highest BCUT2D eigenvalue weighted by Gasteiger charge is 2.07. The number of ether oxygens (including phenoxy) is 2. The van der Waals surface area contributed by atoms with Gasteiger partial charge in [-0.1, -0.05) is 6.07 Å². The minimum atomic E-state index is -0.221. The van der Waals surface area contributed by atoms with Gasteiger partial charge in [0, 0.05) is 17.2 Å². The molecule has 1 N–H and O–H groups in total. The van der Waals surface area contributed by atoms with Crippen molar-refractivity contribution in [1.29, 1.82) is 0 Å². The van der Waals surface area contributed by atoms with Crippen LogP contribution in [0.3, 0.4) is 0 Å². The number of hydrogen-bond acceptors (Lipinski definition) is 5. The number of benzene rings is 1. The van der Waals surface area contributed by atoms with E-state index in [1.807, 2.05) is 39.0 Å². The highest BCUT2D eigenvalue weighted by atomic mass is 32.1. The Labute approximate surface area is 140 Å². The minimum Gasteiger partial charge on any atom is -0.493 e. The number of nitrogens with zero attached hydrogens (tertiary/aromatic N) is 1. The molecule has 0 saturated heterocycles. The van der Waals surface area contributed by atoms with Gasteiger partial charge in [-0.3, -0.25) is 10.1 Å². The van der Waals surface area contributed by atoms with Crippen LogP contribution in [-0.4, -0.2) is 24.1 Å². The van der Waals surface area contributed by atoms with Crippen molar-refractivity contribution in [3.05, 3.63) is 40.9 Å². The van der Waals surface area contributed by atoms with Crippen LogP contribution < -0.4 is 14.8 Å². The van der Waals surface area contributed by atoms with Crippen LogP contribution in [-0.2, 0) is 4.79 Å². The van der Waals surface area contributed by atoms with Crippen molar-refractivity contribution >= 4 is 28.5 Å². The van der Waals surface area contributed by atoms with Gasteiger partial charge in [0.2, 0.25) is 5.91 Å². The number of hydrogen-bond donors (Lipinski definition) is 1. The molecule has 1 aromatic carbocycles. The monoisotopic (exact) mass is 332 g/mol. The average molecular weight is 332 g/mol. The van der Waals surface area contributed by atoms with E-state index in [-0.39, 0.29) is 12.0 Å². The van der Waals surface area contributed by atoms with Gasteiger partial charge < -0.3 is 9.47 Å². The molecule has 1 aromatic heterocycles. The van der Waals surface area contributed by atoms with Gasteiger partial charge in [-0.2, -0.15) is 0 Å². The van der Waals surface area contributed by atoms with Crippen LogP contribution in [0.1, 0.15) is 24.3 Å². The molecule has 1 heterocycles. The molecule has 2 rings (SSSR count). The molecule has 0 aliphatic rings. The molecule has 0 bridgehead atoms. The van der Waals surface area contributed by atoms with Gasteiger partial charge in [-0.25, -0.2) is 4.98 Å². The number of aromatic nitrogens is 1. The zero-order valence-corrected chi connectivity index (χ0v) is 14.4. The molecule has 0 fully saturated rings. The Morgan fingerprint density at radius 2 is 2.13 bits per heavy atom. The summed E-state index contributed by atoms with van der Waals surface area (Å²) in [7, 11) is 1.59. The highest BCUT2D eigenvalue weighted by molar-refractivity contribution is 7.15. The van der Waals surface area contributed by atoms with Crippen molar-refractivity contribution in [2.24, 2.45) is 0 Å². The molecule has 5 nitrogen and oxygen atoms in total. The van der Waals surface area contributed by atoms with Crippen LogP contribution >= 0.6 is 11.3 Å². The molecule has 0 aliphatic carbocycles. The largest absolute Gasteiger partial charge is 0.493 e. The van der Waals surface area contributed by atoms with Crippen LogP contribution in [0.4, 0.5) is 5.13 Å². The first-order valence-corrected chi connectivity index (χ1v) is 8.05. The van der Waals surface area contributed by atoms with Crippen LogP contribution in [0.5, 0.6) is 11.5 Å². The van der Waals surface area contributed by atoms with E-state index in [0.29, 0.717) is 16.6 Å². The summed E-state index contributed by atoms with van der Waals surface area (Å²) >= 11 is 1.44. The first-order chi connectivity index (χ1) is 11.0. The van der Waals surface area contributed by atoms with Crippen molar-refractivity contribution in [1.82, 2.24) is 4.98 Å². The summed E-state index contributed by atoms with van der Waals surface area (Å²) < 4.78 is 11.0. The van der Waals surface area contributed by atoms with E-state index in [1.165, 1.54) is 17.4 Å². The number of carbonyl (C=O) groups excluding carboxylic acids is 1. The third-order valence-electron chi connectivity index (χ3n) is 2.83. The van der Waals surface area contributed by atoms with E-state index in [1.54, 1.807) is 19.4 Å². The van der Waals surface area contributed by atoms with E-state index in [4.69, 9.17) is 9.47 Å². The second-order valence-electron chi connectivity index (χ2n) is 5.18. The zero-order valence-electron chi connectivity index (χ0n) is 13.6. The van der Waals surface area contributed by atoms with Gasteiger partial charge in [0.1, 0.15) is 0 Å². The minimum absolute atomic E-state index is 0.0674. The molecule has 1 amide bonds. The van der Waals surface area contributed by atoms with E-state index < -0.39 is 0 Å². The standard InChI is InChI=1S/C17H20N2O3S/c1-11(2)22-14-7-5-13(9-15(14)21-4)6-8-16(20)19-17-18-10-12(3)23-17/h5-11H,1-4H3,(H,18,19,20). The predicted octanol–water partition coefficient (Wildman–Crippen LogP) is 3.90. The number of carbonyl (C=O) groups is 1. The fraction of sp³-hybridized carbons (Fsp3) is 0.294. The Bertz CT molecular complexity index is 708. The Morgan fingerprint density at radius 3 is 2.74 bits per heavy atom. The van der Waals surface area contributed by atoms with Crippen molar-refractivity contribution in [2.75, 3.05) is 12.4 Å². The fourth-order valence-corrected chi connectivity index (χ4v) is 2.54. The first kappa shape index (κ1) is 17.0. The number of aryl methyl sites for hydroxylation is 1. The molecule has 0 aliphatic heterocycles. The summed E-state index contributed by atoms with van der Waals surface area (Å²) in [6.07, 6.45) is 4.98. The number of methoxy groups -OCH3 is 1. The Kier molecular flexibility index (Phi) is 5.76. The molecular weight excluding hydrogens is 312 g/mol. The lowest BCUT2D eigenvalue weighted by Gasteiger charge is -2.13. The van der Waals surface area contributed by atoms with Crippen LogP contribution in [0.2, 0.25) is 0 Å². The molecule has 0 radical (unpaired) electrons. The predicted molar refractivity (Wildman–Crippen MR) is 93.3 cm³/mol. The van der Waals surface area contributed by atoms with Crippen molar-refractivity contribution in [3.63, 3.8) is 0 Å². The number of rotatable bonds is 6. The number of anilines is 1. The van der Waals surface area contributed by atoms with E-state index in [2.05, 4.69) is 10.3 Å². The number of amides is 1. The van der Waals surface area contributed by atoms with Crippen LogP contribution in [0, 0.1) is 6.92 Å². The summed E-state index contributed by atoms with van der Waals surface area (Å²) in [5.41, 5.74) is 0.850. The van der Waals surface area contributed by atoms with E-state index in [0.717, 1.165) is 10.4 Å². The lowest BCUT2D eigenvalue weighted by molar-refractivity contribution is -0.111. The normalized spacial score (nSPS) is 11.0. The van der Waals surface area contributed by atoms with Crippen molar-refractivity contribution < 1.29 is 14.3 Å². The zero-order chi connectivity index (χ0) is 16.8. The second kappa shape index (κ2) is 7.78. The van der Waals surface area contributed by atoms with E-state index in [9.17, 15) is 4.79 Å². The first-order valence-electron chi connectivity index (χ1n) is 7.24. The molecule has 6 heteroatoms. The summed E-state index contributed by atoms with van der Waals surface area (Å²) in [5.74, 6) is 1.10. The van der Waals surface area contributed by atoms with Gasteiger partial charge in [0.25, 0.3) is 0 Å². The fourth-order valence-electron chi connectivity index (χ4n) is 1.87. The van der Waals surface area contributed by atoms with Gasteiger partial charge in [0.05, 0.1) is 13.2 Å². The Hall–Kier alpha value is -2.34. The Morgan fingerprint density at radius 1 is 1.35 bits per heavy atom. The van der Waals surface area contributed by atoms with Crippen LogP contribution in [0.15, 0.2) is 30.5 Å². The lowest BCUT2D eigenvalue weighted by Crippen LogP contribution is -2.07. The van der Waals surface area contributed by atoms with Gasteiger partial charge >= 0.3 is 0 Å². The van der Waals surface area contributed by atoms with Crippen LogP contribution in [0.25, 0.3) is 6.08 Å². The quantitative estimate of drug-likeness (QED) is 0.815. The summed E-state index contributed by atoms with van der Waals surface area (Å²) in [5, 5.41) is 3.32. The molecular formula is C17H20N2O3S. The SMILES string of the molecule is COc1cc(C=CC(=O)Nc2ncc(C)s2)ccc1OC(C)C. The number of thiazole rings is 1. The maximum absolute atomic E-state index is 11.9. The number of nitrogens with one attached hydrogen (secondary N) is 1.